The molecule has 0 aromatic heterocycles. The predicted octanol–water partition coefficient (Wildman–Crippen LogP) is 3.50. The smallest absolute Gasteiger partial charge is 0.165 e. The maximum atomic E-state index is 9.65. The first-order valence-corrected chi connectivity index (χ1v) is 6.99. The van der Waals surface area contributed by atoms with E-state index in [2.05, 4.69) is 13.8 Å². The highest BCUT2D eigenvalue weighted by Crippen LogP contribution is 2.47. The van der Waals surface area contributed by atoms with Crippen molar-refractivity contribution < 1.29 is 14.6 Å². The van der Waals surface area contributed by atoms with Crippen molar-refractivity contribution in [3.05, 3.63) is 22.2 Å². The molecule has 0 spiro atoms. The normalized spacial score (nSPS) is 14.9. The van der Waals surface area contributed by atoms with E-state index in [-0.39, 0.29) is 12.5 Å². The van der Waals surface area contributed by atoms with Crippen LogP contribution in [0.4, 0.5) is 0 Å². The van der Waals surface area contributed by atoms with Gasteiger partial charge >= 0.3 is 0 Å². The fraction of sp³-hybridized carbons (Fsp3) is 0.600. The van der Waals surface area contributed by atoms with Crippen LogP contribution in [0.2, 0.25) is 5.02 Å². The monoisotopic (exact) mass is 284 g/mol. The Morgan fingerprint density at radius 2 is 1.95 bits per heavy atom. The van der Waals surface area contributed by atoms with Crippen molar-refractivity contribution in [3.63, 3.8) is 0 Å². The molecule has 4 heteroatoms. The molecule has 0 saturated carbocycles. The van der Waals surface area contributed by atoms with E-state index in [1.165, 1.54) is 0 Å². The Labute approximate surface area is 119 Å². The van der Waals surface area contributed by atoms with Gasteiger partial charge in [-0.15, -0.1) is 0 Å². The summed E-state index contributed by atoms with van der Waals surface area (Å²) in [5, 5.41) is 10.3. The molecule has 0 bridgehead atoms. The number of hydrogen-bond donors (Lipinski definition) is 1. The highest BCUT2D eigenvalue weighted by atomic mass is 35.5. The van der Waals surface area contributed by atoms with Crippen LogP contribution >= 0.6 is 11.6 Å². The minimum absolute atomic E-state index is 0.0338. The molecule has 1 N–H and O–H groups in total. The third-order valence-corrected chi connectivity index (χ3v) is 3.77. The SMILES string of the molecule is CC(C)c1c2c(cc(Cl)c1C(C)(C)CO)OCCO2. The molecule has 1 aromatic rings. The molecular formula is C15H21ClO3. The molecule has 0 unspecified atom stereocenters. The van der Waals surface area contributed by atoms with Gasteiger partial charge in [0, 0.05) is 22.1 Å². The van der Waals surface area contributed by atoms with Crippen LogP contribution in [-0.4, -0.2) is 24.9 Å². The van der Waals surface area contributed by atoms with Crippen LogP contribution in [0.1, 0.15) is 44.7 Å². The maximum Gasteiger partial charge on any atom is 0.165 e. The Morgan fingerprint density at radius 3 is 2.53 bits per heavy atom. The van der Waals surface area contributed by atoms with E-state index in [4.69, 9.17) is 21.1 Å². The van der Waals surface area contributed by atoms with Gasteiger partial charge in [0.1, 0.15) is 13.2 Å². The zero-order valence-electron chi connectivity index (χ0n) is 11.9. The van der Waals surface area contributed by atoms with Crippen LogP contribution in [0.3, 0.4) is 0 Å². The second-order valence-corrected chi connectivity index (χ2v) is 6.28. The van der Waals surface area contributed by atoms with Gasteiger partial charge in [0.25, 0.3) is 0 Å². The molecule has 19 heavy (non-hydrogen) atoms. The number of hydrogen-bond acceptors (Lipinski definition) is 3. The van der Waals surface area contributed by atoms with E-state index in [1.54, 1.807) is 6.07 Å². The zero-order valence-corrected chi connectivity index (χ0v) is 12.7. The zero-order chi connectivity index (χ0) is 14.2. The number of fused-ring (bicyclic) bond motifs is 1. The summed E-state index contributed by atoms with van der Waals surface area (Å²) in [6.07, 6.45) is 0. The molecule has 0 aliphatic carbocycles. The summed E-state index contributed by atoms with van der Waals surface area (Å²) in [7, 11) is 0. The van der Waals surface area contributed by atoms with Crippen molar-refractivity contribution in [2.75, 3.05) is 19.8 Å². The highest BCUT2D eigenvalue weighted by molar-refractivity contribution is 6.31. The van der Waals surface area contributed by atoms with Gasteiger partial charge in [0.2, 0.25) is 0 Å². The Hall–Kier alpha value is -0.930. The molecule has 0 fully saturated rings. The van der Waals surface area contributed by atoms with E-state index in [1.807, 2.05) is 13.8 Å². The van der Waals surface area contributed by atoms with Gasteiger partial charge in [-0.05, 0) is 11.5 Å². The molecular weight excluding hydrogens is 264 g/mol. The first kappa shape index (κ1) is 14.5. The molecule has 0 atom stereocenters. The molecule has 1 aromatic carbocycles. The second kappa shape index (κ2) is 5.22. The first-order valence-electron chi connectivity index (χ1n) is 6.62. The average molecular weight is 285 g/mol. The number of ether oxygens (including phenoxy) is 2. The van der Waals surface area contributed by atoms with Gasteiger partial charge < -0.3 is 14.6 Å². The van der Waals surface area contributed by atoms with Gasteiger partial charge in [0.05, 0.1) is 6.61 Å². The molecule has 0 amide bonds. The summed E-state index contributed by atoms with van der Waals surface area (Å²) >= 11 is 6.43. The quantitative estimate of drug-likeness (QED) is 0.923. The lowest BCUT2D eigenvalue weighted by atomic mass is 9.79. The van der Waals surface area contributed by atoms with Gasteiger partial charge in [0.15, 0.2) is 11.5 Å². The summed E-state index contributed by atoms with van der Waals surface area (Å²) in [6, 6.07) is 1.80. The maximum absolute atomic E-state index is 9.65. The summed E-state index contributed by atoms with van der Waals surface area (Å²) in [5.74, 6) is 1.73. The summed E-state index contributed by atoms with van der Waals surface area (Å²) < 4.78 is 11.4. The molecule has 2 rings (SSSR count). The molecule has 1 heterocycles. The number of aliphatic hydroxyl groups excluding tert-OH is 1. The second-order valence-electron chi connectivity index (χ2n) is 5.87. The lowest BCUT2D eigenvalue weighted by Crippen LogP contribution is -2.27. The Balaban J connectivity index is 2.72. The number of aliphatic hydroxyl groups is 1. The van der Waals surface area contributed by atoms with E-state index >= 15 is 0 Å². The molecule has 1 aliphatic rings. The Morgan fingerprint density at radius 1 is 1.32 bits per heavy atom. The van der Waals surface area contributed by atoms with Crippen LogP contribution in [0.25, 0.3) is 0 Å². The van der Waals surface area contributed by atoms with Crippen molar-refractivity contribution in [3.8, 4) is 11.5 Å². The van der Waals surface area contributed by atoms with Gasteiger partial charge in [-0.25, -0.2) is 0 Å². The fourth-order valence-corrected chi connectivity index (χ4v) is 2.95. The number of rotatable bonds is 3. The van der Waals surface area contributed by atoms with Crippen molar-refractivity contribution in [1.29, 1.82) is 0 Å². The van der Waals surface area contributed by atoms with Gasteiger partial charge in [-0.2, -0.15) is 0 Å². The Kier molecular flexibility index (Phi) is 3.98. The highest BCUT2D eigenvalue weighted by Gasteiger charge is 2.32. The molecule has 1 aliphatic heterocycles. The minimum atomic E-state index is -0.410. The third-order valence-electron chi connectivity index (χ3n) is 3.47. The van der Waals surface area contributed by atoms with Crippen molar-refractivity contribution in [2.45, 2.75) is 39.0 Å². The van der Waals surface area contributed by atoms with Crippen molar-refractivity contribution >= 4 is 11.6 Å². The minimum Gasteiger partial charge on any atom is -0.486 e. The van der Waals surface area contributed by atoms with E-state index in [0.717, 1.165) is 16.9 Å². The lowest BCUT2D eigenvalue weighted by Gasteiger charge is -2.32. The standard InChI is InChI=1S/C15H21ClO3/c1-9(2)12-13(15(3,4)8-17)10(16)7-11-14(12)19-6-5-18-11/h7,9,17H,5-6,8H2,1-4H3. The molecule has 106 valence electrons. The summed E-state index contributed by atoms with van der Waals surface area (Å²) in [4.78, 5) is 0. The van der Waals surface area contributed by atoms with Crippen molar-refractivity contribution in [2.24, 2.45) is 0 Å². The molecule has 0 saturated heterocycles. The Bertz CT molecular complexity index is 481. The van der Waals surface area contributed by atoms with Crippen LogP contribution in [0.5, 0.6) is 11.5 Å². The van der Waals surface area contributed by atoms with Gasteiger partial charge in [-0.1, -0.05) is 39.3 Å². The van der Waals surface area contributed by atoms with Crippen LogP contribution in [0, 0.1) is 0 Å². The lowest BCUT2D eigenvalue weighted by molar-refractivity contribution is 0.167. The average Bonchev–Trinajstić information content (AvgIpc) is 2.36. The first-order chi connectivity index (χ1) is 8.88. The van der Waals surface area contributed by atoms with Crippen LogP contribution in [-0.2, 0) is 5.41 Å². The largest absolute Gasteiger partial charge is 0.486 e. The summed E-state index contributed by atoms with van der Waals surface area (Å²) in [6.45, 7) is 9.29. The number of benzene rings is 1. The topological polar surface area (TPSA) is 38.7 Å². The number of halogens is 1. The van der Waals surface area contributed by atoms with E-state index in [0.29, 0.717) is 24.0 Å². The summed E-state index contributed by atoms with van der Waals surface area (Å²) in [5.41, 5.74) is 1.59. The van der Waals surface area contributed by atoms with Crippen molar-refractivity contribution in [1.82, 2.24) is 0 Å². The van der Waals surface area contributed by atoms with E-state index in [9.17, 15) is 5.11 Å². The predicted molar refractivity (Wildman–Crippen MR) is 76.6 cm³/mol. The molecule has 3 nitrogen and oxygen atoms in total. The molecule has 0 radical (unpaired) electrons. The van der Waals surface area contributed by atoms with Crippen LogP contribution < -0.4 is 9.47 Å². The van der Waals surface area contributed by atoms with Crippen LogP contribution in [0.15, 0.2) is 6.07 Å². The van der Waals surface area contributed by atoms with E-state index < -0.39 is 5.41 Å². The third kappa shape index (κ3) is 2.54. The fourth-order valence-electron chi connectivity index (χ4n) is 2.50. The van der Waals surface area contributed by atoms with Gasteiger partial charge in [-0.3, -0.25) is 0 Å².